The maximum absolute atomic E-state index is 10.2. The molecule has 0 aliphatic heterocycles. The van der Waals surface area contributed by atoms with Crippen molar-refractivity contribution in [2.45, 2.75) is 6.10 Å². The third kappa shape index (κ3) is 2.68. The third-order valence-electron chi connectivity index (χ3n) is 2.14. The molecule has 1 atom stereocenters. The second kappa shape index (κ2) is 5.19. The van der Waals surface area contributed by atoms with Crippen LogP contribution in [0.2, 0.25) is 5.02 Å². The summed E-state index contributed by atoms with van der Waals surface area (Å²) >= 11 is 14.3. The molecular formula is C11H7Br2ClOS. The van der Waals surface area contributed by atoms with Gasteiger partial charge >= 0.3 is 0 Å². The van der Waals surface area contributed by atoms with E-state index in [2.05, 4.69) is 31.9 Å². The smallest absolute Gasteiger partial charge is 0.106 e. The number of aliphatic hydroxyl groups is 1. The number of thiophene rings is 1. The fourth-order valence-electron chi connectivity index (χ4n) is 1.40. The van der Waals surface area contributed by atoms with E-state index >= 15 is 0 Å². The van der Waals surface area contributed by atoms with Crippen molar-refractivity contribution in [1.82, 2.24) is 0 Å². The summed E-state index contributed by atoms with van der Waals surface area (Å²) in [4.78, 5) is 0. The molecule has 0 radical (unpaired) electrons. The minimum atomic E-state index is -0.657. The van der Waals surface area contributed by atoms with Crippen molar-refractivity contribution < 1.29 is 5.11 Å². The summed E-state index contributed by atoms with van der Waals surface area (Å²) in [7, 11) is 0. The molecule has 1 aromatic heterocycles. The van der Waals surface area contributed by atoms with Crippen LogP contribution < -0.4 is 0 Å². The molecule has 5 heteroatoms. The van der Waals surface area contributed by atoms with E-state index in [4.69, 9.17) is 11.6 Å². The normalized spacial score (nSPS) is 12.8. The van der Waals surface area contributed by atoms with Gasteiger partial charge in [-0.15, -0.1) is 0 Å². The number of aliphatic hydroxyl groups excluding tert-OH is 1. The molecule has 0 saturated heterocycles. The summed E-state index contributed by atoms with van der Waals surface area (Å²) in [6.07, 6.45) is -0.657. The number of hydrogen-bond donors (Lipinski definition) is 1. The highest BCUT2D eigenvalue weighted by atomic mass is 79.9. The molecule has 0 amide bonds. The van der Waals surface area contributed by atoms with Gasteiger partial charge in [0, 0.05) is 24.9 Å². The minimum absolute atomic E-state index is 0.606. The Kier molecular flexibility index (Phi) is 4.08. The second-order valence-electron chi connectivity index (χ2n) is 3.28. The summed E-state index contributed by atoms with van der Waals surface area (Å²) in [5, 5.41) is 14.7. The monoisotopic (exact) mass is 380 g/mol. The molecule has 1 unspecified atom stereocenters. The molecule has 0 aliphatic rings. The van der Waals surface area contributed by atoms with Crippen LogP contribution in [0.5, 0.6) is 0 Å². The molecule has 16 heavy (non-hydrogen) atoms. The quantitative estimate of drug-likeness (QED) is 0.774. The maximum Gasteiger partial charge on any atom is 0.106 e. The maximum atomic E-state index is 10.2. The SMILES string of the molecule is OC(c1cc(Cl)cc(Br)c1)c1cscc1Br. The number of rotatable bonds is 2. The van der Waals surface area contributed by atoms with Crippen molar-refractivity contribution in [3.8, 4) is 0 Å². The van der Waals surface area contributed by atoms with E-state index in [9.17, 15) is 5.11 Å². The van der Waals surface area contributed by atoms with E-state index in [0.717, 1.165) is 20.1 Å². The molecule has 2 rings (SSSR count). The zero-order chi connectivity index (χ0) is 11.7. The molecule has 0 aliphatic carbocycles. The second-order valence-corrected chi connectivity index (χ2v) is 6.23. The van der Waals surface area contributed by atoms with Gasteiger partial charge in [-0.25, -0.2) is 0 Å². The lowest BCUT2D eigenvalue weighted by Gasteiger charge is -2.11. The first-order valence-corrected chi connectivity index (χ1v) is 7.34. The van der Waals surface area contributed by atoms with Gasteiger partial charge in [0.05, 0.1) is 0 Å². The highest BCUT2D eigenvalue weighted by Gasteiger charge is 2.15. The van der Waals surface area contributed by atoms with Gasteiger partial charge in [0.25, 0.3) is 0 Å². The summed E-state index contributed by atoms with van der Waals surface area (Å²) in [6, 6.07) is 5.42. The van der Waals surface area contributed by atoms with E-state index in [1.807, 2.05) is 16.8 Å². The van der Waals surface area contributed by atoms with Crippen molar-refractivity contribution in [2.75, 3.05) is 0 Å². The van der Waals surface area contributed by atoms with Gasteiger partial charge in [-0.05, 0) is 45.1 Å². The van der Waals surface area contributed by atoms with Crippen LogP contribution >= 0.6 is 54.8 Å². The van der Waals surface area contributed by atoms with Crippen LogP contribution in [0.3, 0.4) is 0 Å². The highest BCUT2D eigenvalue weighted by molar-refractivity contribution is 9.10. The van der Waals surface area contributed by atoms with E-state index in [1.54, 1.807) is 23.5 Å². The molecule has 0 fully saturated rings. The standard InChI is InChI=1S/C11H7Br2ClOS/c12-7-1-6(2-8(14)3-7)11(15)9-4-16-5-10(9)13/h1-5,11,15H. The van der Waals surface area contributed by atoms with Crippen LogP contribution in [0.25, 0.3) is 0 Å². The van der Waals surface area contributed by atoms with Gasteiger partial charge in [0.2, 0.25) is 0 Å². The Balaban J connectivity index is 2.41. The summed E-state index contributed by atoms with van der Waals surface area (Å²) in [5.41, 5.74) is 1.64. The van der Waals surface area contributed by atoms with Crippen molar-refractivity contribution in [3.63, 3.8) is 0 Å². The molecule has 84 valence electrons. The van der Waals surface area contributed by atoms with Crippen molar-refractivity contribution in [1.29, 1.82) is 0 Å². The Morgan fingerprint density at radius 2 is 1.94 bits per heavy atom. The summed E-state index contributed by atoms with van der Waals surface area (Å²) in [6.45, 7) is 0. The van der Waals surface area contributed by atoms with E-state index < -0.39 is 6.10 Å². The van der Waals surface area contributed by atoms with Crippen LogP contribution in [0.4, 0.5) is 0 Å². The van der Waals surface area contributed by atoms with Gasteiger partial charge < -0.3 is 5.11 Å². The van der Waals surface area contributed by atoms with Crippen molar-refractivity contribution in [2.24, 2.45) is 0 Å². The zero-order valence-electron chi connectivity index (χ0n) is 7.95. The topological polar surface area (TPSA) is 20.2 Å². The third-order valence-corrected chi connectivity index (χ3v) is 4.57. The van der Waals surface area contributed by atoms with Crippen LogP contribution in [0.1, 0.15) is 17.2 Å². The molecule has 1 N–H and O–H groups in total. The molecular weight excluding hydrogens is 375 g/mol. The molecule has 0 bridgehead atoms. The fourth-order valence-corrected chi connectivity index (χ4v) is 3.82. The minimum Gasteiger partial charge on any atom is -0.384 e. The summed E-state index contributed by atoms with van der Waals surface area (Å²) in [5.74, 6) is 0. The predicted molar refractivity (Wildman–Crippen MR) is 75.2 cm³/mol. The molecule has 0 spiro atoms. The molecule has 1 aromatic carbocycles. The lowest BCUT2D eigenvalue weighted by atomic mass is 10.0. The van der Waals surface area contributed by atoms with Gasteiger partial charge in [0.15, 0.2) is 0 Å². The molecule has 0 saturated carbocycles. The number of benzene rings is 1. The first-order valence-electron chi connectivity index (χ1n) is 4.43. The van der Waals surface area contributed by atoms with Crippen LogP contribution in [-0.4, -0.2) is 5.11 Å². The van der Waals surface area contributed by atoms with E-state index in [-0.39, 0.29) is 0 Å². The Hall–Kier alpha value is 0.130. The average Bonchev–Trinajstić information content (AvgIpc) is 2.62. The lowest BCUT2D eigenvalue weighted by Crippen LogP contribution is -1.98. The van der Waals surface area contributed by atoms with Crippen molar-refractivity contribution in [3.05, 3.63) is 54.1 Å². The predicted octanol–water partition coefficient (Wildman–Crippen LogP) is 5.01. The largest absolute Gasteiger partial charge is 0.384 e. The number of hydrogen-bond acceptors (Lipinski definition) is 2. The van der Waals surface area contributed by atoms with Gasteiger partial charge in [-0.3, -0.25) is 0 Å². The van der Waals surface area contributed by atoms with Crippen LogP contribution in [0.15, 0.2) is 37.9 Å². The van der Waals surface area contributed by atoms with Crippen LogP contribution in [-0.2, 0) is 0 Å². The number of halogens is 3. The van der Waals surface area contributed by atoms with Gasteiger partial charge in [-0.1, -0.05) is 27.5 Å². The van der Waals surface area contributed by atoms with Gasteiger partial charge in [0.1, 0.15) is 6.10 Å². The molecule has 1 nitrogen and oxygen atoms in total. The van der Waals surface area contributed by atoms with E-state index in [0.29, 0.717) is 5.02 Å². The molecule has 1 heterocycles. The zero-order valence-corrected chi connectivity index (χ0v) is 12.7. The van der Waals surface area contributed by atoms with Crippen LogP contribution in [0, 0.1) is 0 Å². The first kappa shape index (κ1) is 12.6. The van der Waals surface area contributed by atoms with E-state index in [1.165, 1.54) is 0 Å². The summed E-state index contributed by atoms with van der Waals surface area (Å²) < 4.78 is 1.78. The Morgan fingerprint density at radius 1 is 1.19 bits per heavy atom. The van der Waals surface area contributed by atoms with Crippen molar-refractivity contribution >= 4 is 54.8 Å². The first-order chi connectivity index (χ1) is 7.58. The Bertz CT molecular complexity index is 492. The van der Waals surface area contributed by atoms with Gasteiger partial charge in [-0.2, -0.15) is 11.3 Å². The fraction of sp³-hybridized carbons (Fsp3) is 0.0909. The Morgan fingerprint density at radius 3 is 2.50 bits per heavy atom. The Labute approximate surface area is 119 Å². The average molecular weight is 383 g/mol. The molecule has 2 aromatic rings. The highest BCUT2D eigenvalue weighted by Crippen LogP contribution is 2.33. The lowest BCUT2D eigenvalue weighted by molar-refractivity contribution is 0.220.